The summed E-state index contributed by atoms with van der Waals surface area (Å²) in [7, 11) is 0. The van der Waals surface area contributed by atoms with Gasteiger partial charge in [-0.25, -0.2) is 0 Å². The lowest BCUT2D eigenvalue weighted by atomic mass is 9.94. The molecular weight excluding hydrogens is 152 g/mol. The molecule has 0 saturated heterocycles. The van der Waals surface area contributed by atoms with Crippen LogP contribution in [0.5, 0.6) is 0 Å². The lowest BCUT2D eigenvalue weighted by Gasteiger charge is -2.26. The van der Waals surface area contributed by atoms with Gasteiger partial charge in [-0.2, -0.15) is 12.6 Å². The minimum Gasteiger partial charge on any atom is -0.173 e. The van der Waals surface area contributed by atoms with Crippen LogP contribution in [0.3, 0.4) is 0 Å². The second kappa shape index (κ2) is 4.39. The molecular formula is C10H20S. The maximum absolute atomic E-state index is 4.80. The summed E-state index contributed by atoms with van der Waals surface area (Å²) in [5.74, 6) is 0. The van der Waals surface area contributed by atoms with Crippen molar-refractivity contribution in [3.63, 3.8) is 0 Å². The van der Waals surface area contributed by atoms with Crippen LogP contribution in [0.1, 0.15) is 58.3 Å². The van der Waals surface area contributed by atoms with Crippen LogP contribution in [0, 0.1) is 0 Å². The van der Waals surface area contributed by atoms with Gasteiger partial charge in [-0.3, -0.25) is 0 Å². The molecule has 0 aromatic rings. The van der Waals surface area contributed by atoms with Crippen LogP contribution in [-0.4, -0.2) is 4.75 Å². The zero-order chi connectivity index (χ0) is 8.16. The van der Waals surface area contributed by atoms with Crippen LogP contribution >= 0.6 is 12.6 Å². The van der Waals surface area contributed by atoms with Gasteiger partial charge in [-0.15, -0.1) is 0 Å². The van der Waals surface area contributed by atoms with Gasteiger partial charge in [0.2, 0.25) is 0 Å². The molecule has 0 amide bonds. The molecule has 0 aromatic heterocycles. The molecule has 1 aliphatic rings. The molecule has 0 radical (unpaired) electrons. The van der Waals surface area contributed by atoms with E-state index >= 15 is 0 Å². The highest BCUT2D eigenvalue weighted by Gasteiger charge is 2.24. The third kappa shape index (κ3) is 3.06. The summed E-state index contributed by atoms with van der Waals surface area (Å²) < 4.78 is 0.408. The van der Waals surface area contributed by atoms with Gasteiger partial charge in [0.1, 0.15) is 0 Å². The van der Waals surface area contributed by atoms with E-state index in [-0.39, 0.29) is 0 Å². The van der Waals surface area contributed by atoms with Crippen molar-refractivity contribution < 1.29 is 0 Å². The largest absolute Gasteiger partial charge is 0.173 e. The summed E-state index contributed by atoms with van der Waals surface area (Å²) in [5.41, 5.74) is 0. The monoisotopic (exact) mass is 172 g/mol. The molecule has 0 N–H and O–H groups in total. The lowest BCUT2D eigenvalue weighted by molar-refractivity contribution is 0.476. The first-order valence-electron chi connectivity index (χ1n) is 4.99. The second-order valence-corrected chi connectivity index (χ2v) is 4.84. The first-order chi connectivity index (χ1) is 5.27. The predicted molar refractivity (Wildman–Crippen MR) is 54.3 cm³/mol. The highest BCUT2D eigenvalue weighted by Crippen LogP contribution is 2.36. The summed E-state index contributed by atoms with van der Waals surface area (Å²) in [4.78, 5) is 0. The molecule has 0 aromatic carbocycles. The number of hydrogen-bond donors (Lipinski definition) is 1. The van der Waals surface area contributed by atoms with E-state index in [2.05, 4.69) is 6.92 Å². The Hall–Kier alpha value is 0.350. The van der Waals surface area contributed by atoms with Crippen molar-refractivity contribution in [2.45, 2.75) is 63.0 Å². The van der Waals surface area contributed by atoms with E-state index in [1.807, 2.05) is 0 Å². The second-order valence-electron chi connectivity index (χ2n) is 3.89. The standard InChI is InChI=1S/C10H20S/c1-2-7-10(11)8-5-3-4-6-9-10/h11H,2-9H2,1H3. The van der Waals surface area contributed by atoms with Gasteiger partial charge >= 0.3 is 0 Å². The molecule has 0 unspecified atom stereocenters. The molecule has 0 heterocycles. The van der Waals surface area contributed by atoms with E-state index in [0.29, 0.717) is 4.75 Å². The Kier molecular flexibility index (Phi) is 3.77. The van der Waals surface area contributed by atoms with E-state index in [1.165, 1.54) is 51.4 Å². The van der Waals surface area contributed by atoms with Gasteiger partial charge in [0.05, 0.1) is 0 Å². The summed E-state index contributed by atoms with van der Waals surface area (Å²) in [6.07, 6.45) is 11.0. The van der Waals surface area contributed by atoms with Crippen molar-refractivity contribution in [1.29, 1.82) is 0 Å². The minimum absolute atomic E-state index is 0.408. The van der Waals surface area contributed by atoms with E-state index in [0.717, 1.165) is 0 Å². The normalized spacial score (nSPS) is 24.5. The average molecular weight is 172 g/mol. The molecule has 11 heavy (non-hydrogen) atoms. The lowest BCUT2D eigenvalue weighted by Crippen LogP contribution is -2.19. The van der Waals surface area contributed by atoms with Crippen molar-refractivity contribution >= 4 is 12.6 Å². The third-order valence-corrected chi connectivity index (χ3v) is 3.42. The molecule has 0 aliphatic heterocycles. The maximum Gasteiger partial charge on any atom is 0.0129 e. The van der Waals surface area contributed by atoms with Gasteiger partial charge in [-0.05, 0) is 19.3 Å². The van der Waals surface area contributed by atoms with Crippen LogP contribution in [0.4, 0.5) is 0 Å². The van der Waals surface area contributed by atoms with Crippen molar-refractivity contribution in [3.8, 4) is 0 Å². The molecule has 66 valence electrons. The Labute approximate surface area is 76.2 Å². The first-order valence-corrected chi connectivity index (χ1v) is 5.44. The van der Waals surface area contributed by atoms with Crippen molar-refractivity contribution in [1.82, 2.24) is 0 Å². The SMILES string of the molecule is CCCC1(S)CCCCCC1. The minimum atomic E-state index is 0.408. The molecule has 1 rings (SSSR count). The summed E-state index contributed by atoms with van der Waals surface area (Å²) >= 11 is 4.80. The zero-order valence-electron chi connectivity index (χ0n) is 7.60. The zero-order valence-corrected chi connectivity index (χ0v) is 8.50. The molecule has 1 heteroatoms. The Morgan fingerprint density at radius 2 is 1.64 bits per heavy atom. The Morgan fingerprint density at radius 1 is 1.09 bits per heavy atom. The molecule has 0 atom stereocenters. The number of rotatable bonds is 2. The van der Waals surface area contributed by atoms with Crippen molar-refractivity contribution in [2.24, 2.45) is 0 Å². The fraction of sp³-hybridized carbons (Fsp3) is 1.00. The molecule has 1 saturated carbocycles. The molecule has 0 bridgehead atoms. The summed E-state index contributed by atoms with van der Waals surface area (Å²) in [5, 5.41) is 0. The quantitative estimate of drug-likeness (QED) is 0.475. The van der Waals surface area contributed by atoms with Crippen LogP contribution in [-0.2, 0) is 0 Å². The van der Waals surface area contributed by atoms with Crippen molar-refractivity contribution in [3.05, 3.63) is 0 Å². The van der Waals surface area contributed by atoms with Gasteiger partial charge in [0.15, 0.2) is 0 Å². The van der Waals surface area contributed by atoms with Crippen LogP contribution in [0.15, 0.2) is 0 Å². The smallest absolute Gasteiger partial charge is 0.0129 e. The summed E-state index contributed by atoms with van der Waals surface area (Å²) in [6, 6.07) is 0. The summed E-state index contributed by atoms with van der Waals surface area (Å²) in [6.45, 7) is 2.27. The Balaban J connectivity index is 2.38. The maximum atomic E-state index is 4.80. The highest BCUT2D eigenvalue weighted by atomic mass is 32.1. The fourth-order valence-electron chi connectivity index (χ4n) is 2.10. The Morgan fingerprint density at radius 3 is 2.09 bits per heavy atom. The number of hydrogen-bond acceptors (Lipinski definition) is 1. The van der Waals surface area contributed by atoms with E-state index in [4.69, 9.17) is 12.6 Å². The van der Waals surface area contributed by atoms with Gasteiger partial charge in [0, 0.05) is 4.75 Å². The predicted octanol–water partition coefficient (Wildman–Crippen LogP) is 3.81. The van der Waals surface area contributed by atoms with E-state index < -0.39 is 0 Å². The molecule has 0 spiro atoms. The van der Waals surface area contributed by atoms with Gasteiger partial charge in [-0.1, -0.05) is 39.0 Å². The topological polar surface area (TPSA) is 0 Å². The van der Waals surface area contributed by atoms with Crippen LogP contribution in [0.25, 0.3) is 0 Å². The first kappa shape index (κ1) is 9.44. The highest BCUT2D eigenvalue weighted by molar-refractivity contribution is 7.81. The van der Waals surface area contributed by atoms with E-state index in [9.17, 15) is 0 Å². The molecule has 0 nitrogen and oxygen atoms in total. The Bertz CT molecular complexity index is 101. The third-order valence-electron chi connectivity index (χ3n) is 2.75. The fourth-order valence-corrected chi connectivity index (χ4v) is 2.64. The average Bonchev–Trinajstić information content (AvgIpc) is 2.15. The van der Waals surface area contributed by atoms with Crippen LogP contribution in [0.2, 0.25) is 0 Å². The molecule has 1 aliphatic carbocycles. The number of thiol groups is 1. The van der Waals surface area contributed by atoms with E-state index in [1.54, 1.807) is 0 Å². The van der Waals surface area contributed by atoms with Crippen molar-refractivity contribution in [2.75, 3.05) is 0 Å². The van der Waals surface area contributed by atoms with Gasteiger partial charge < -0.3 is 0 Å². The van der Waals surface area contributed by atoms with Gasteiger partial charge in [0.25, 0.3) is 0 Å². The molecule has 1 fully saturated rings. The van der Waals surface area contributed by atoms with Crippen LogP contribution < -0.4 is 0 Å².